The molecule has 0 radical (unpaired) electrons. The quantitative estimate of drug-likeness (QED) is 0.686. The number of aryl methyl sites for hydroxylation is 1. The summed E-state index contributed by atoms with van der Waals surface area (Å²) in [6, 6.07) is 5.14. The number of aromatic nitrogens is 3. The molecule has 1 aromatic carbocycles. The number of nitrogen functional groups attached to an aromatic ring is 1. The molecule has 0 bridgehead atoms. The van der Waals surface area contributed by atoms with E-state index in [4.69, 9.17) is 5.73 Å². The molecular formula is C13H18N6O. The number of nitrogens with zero attached hydrogens (tertiary/aromatic N) is 3. The van der Waals surface area contributed by atoms with Gasteiger partial charge in [0.05, 0.1) is 11.4 Å². The van der Waals surface area contributed by atoms with Gasteiger partial charge in [0, 0.05) is 32.6 Å². The molecule has 0 aliphatic carbocycles. The van der Waals surface area contributed by atoms with Crippen molar-refractivity contribution in [2.45, 2.75) is 6.42 Å². The van der Waals surface area contributed by atoms with Crippen molar-refractivity contribution in [3.05, 3.63) is 35.9 Å². The molecule has 0 unspecified atom stereocenters. The number of amides is 1. The topological polar surface area (TPSA) is 97.9 Å². The monoisotopic (exact) mass is 274 g/mol. The average Bonchev–Trinajstić information content (AvgIpc) is 2.85. The van der Waals surface area contributed by atoms with E-state index in [1.165, 1.54) is 0 Å². The Bertz CT molecular complexity index is 607. The van der Waals surface area contributed by atoms with Crippen LogP contribution in [0.15, 0.2) is 24.5 Å². The molecule has 0 aliphatic rings. The zero-order chi connectivity index (χ0) is 14.5. The molecule has 106 valence electrons. The van der Waals surface area contributed by atoms with E-state index in [2.05, 4.69) is 20.7 Å². The van der Waals surface area contributed by atoms with Crippen LogP contribution in [0.5, 0.6) is 0 Å². The molecule has 4 N–H and O–H groups in total. The van der Waals surface area contributed by atoms with E-state index in [1.807, 2.05) is 7.05 Å². The lowest BCUT2D eigenvalue weighted by atomic mass is 10.1. The number of hydrogen-bond donors (Lipinski definition) is 3. The van der Waals surface area contributed by atoms with Gasteiger partial charge in [-0.15, -0.1) is 0 Å². The maximum atomic E-state index is 11.6. The fourth-order valence-corrected chi connectivity index (χ4v) is 1.80. The van der Waals surface area contributed by atoms with Crippen LogP contribution in [-0.4, -0.2) is 34.3 Å². The van der Waals surface area contributed by atoms with Crippen LogP contribution in [0.2, 0.25) is 0 Å². The average molecular weight is 274 g/mol. The van der Waals surface area contributed by atoms with E-state index in [1.54, 1.807) is 36.3 Å². The third kappa shape index (κ3) is 3.25. The Kier molecular flexibility index (Phi) is 4.19. The standard InChI is InChI=1S/C13H18N6O/c1-15-13(20)9-3-4-10(14)11(7-9)16-6-5-12-17-8-19(2)18-12/h3-4,7-8,16H,5-6,14H2,1-2H3,(H,15,20). The second-order valence-electron chi connectivity index (χ2n) is 4.39. The lowest BCUT2D eigenvalue weighted by Crippen LogP contribution is -2.18. The van der Waals surface area contributed by atoms with Crippen LogP contribution in [0.4, 0.5) is 11.4 Å². The highest BCUT2D eigenvalue weighted by molar-refractivity contribution is 5.96. The molecule has 1 heterocycles. The van der Waals surface area contributed by atoms with E-state index < -0.39 is 0 Å². The van der Waals surface area contributed by atoms with E-state index >= 15 is 0 Å². The van der Waals surface area contributed by atoms with Crippen LogP contribution >= 0.6 is 0 Å². The van der Waals surface area contributed by atoms with Crippen molar-refractivity contribution in [1.29, 1.82) is 0 Å². The minimum atomic E-state index is -0.139. The SMILES string of the molecule is CNC(=O)c1ccc(N)c(NCCc2ncn(C)n2)c1. The van der Waals surface area contributed by atoms with Gasteiger partial charge in [-0.2, -0.15) is 5.10 Å². The maximum Gasteiger partial charge on any atom is 0.251 e. The molecule has 1 amide bonds. The Morgan fingerprint density at radius 1 is 1.45 bits per heavy atom. The molecule has 0 spiro atoms. The van der Waals surface area contributed by atoms with E-state index in [0.29, 0.717) is 24.2 Å². The lowest BCUT2D eigenvalue weighted by molar-refractivity contribution is 0.0963. The van der Waals surface area contributed by atoms with Crippen LogP contribution in [0, 0.1) is 0 Å². The smallest absolute Gasteiger partial charge is 0.251 e. The fourth-order valence-electron chi connectivity index (χ4n) is 1.80. The molecule has 0 aliphatic heterocycles. The van der Waals surface area contributed by atoms with E-state index in [-0.39, 0.29) is 5.91 Å². The van der Waals surface area contributed by atoms with E-state index in [9.17, 15) is 4.79 Å². The van der Waals surface area contributed by atoms with Crippen molar-refractivity contribution in [1.82, 2.24) is 20.1 Å². The van der Waals surface area contributed by atoms with Gasteiger partial charge in [0.1, 0.15) is 6.33 Å². The number of nitrogens with one attached hydrogen (secondary N) is 2. The predicted molar refractivity (Wildman–Crippen MR) is 77.4 cm³/mol. The molecule has 1 aromatic heterocycles. The molecule has 0 fully saturated rings. The Morgan fingerprint density at radius 2 is 2.25 bits per heavy atom. The van der Waals surface area contributed by atoms with Gasteiger partial charge in [0.25, 0.3) is 5.91 Å². The van der Waals surface area contributed by atoms with E-state index in [0.717, 1.165) is 11.5 Å². The van der Waals surface area contributed by atoms with Crippen LogP contribution < -0.4 is 16.4 Å². The highest BCUT2D eigenvalue weighted by atomic mass is 16.1. The lowest BCUT2D eigenvalue weighted by Gasteiger charge is -2.10. The molecule has 7 heteroatoms. The zero-order valence-corrected chi connectivity index (χ0v) is 11.6. The second kappa shape index (κ2) is 6.05. The molecular weight excluding hydrogens is 256 g/mol. The van der Waals surface area contributed by atoms with Crippen molar-refractivity contribution in [2.24, 2.45) is 7.05 Å². The summed E-state index contributed by atoms with van der Waals surface area (Å²) in [6.07, 6.45) is 2.35. The van der Waals surface area contributed by atoms with Crippen LogP contribution in [0.3, 0.4) is 0 Å². The Morgan fingerprint density at radius 3 is 2.90 bits per heavy atom. The number of anilines is 2. The highest BCUT2D eigenvalue weighted by Gasteiger charge is 2.07. The summed E-state index contributed by atoms with van der Waals surface area (Å²) in [5.74, 6) is 0.625. The number of carbonyl (C=O) groups is 1. The van der Waals surface area contributed by atoms with Crippen LogP contribution in [0.1, 0.15) is 16.2 Å². The molecule has 0 saturated carbocycles. The number of rotatable bonds is 5. The summed E-state index contributed by atoms with van der Waals surface area (Å²) < 4.78 is 1.66. The molecule has 2 aromatic rings. The molecule has 0 atom stereocenters. The van der Waals surface area contributed by atoms with Gasteiger partial charge < -0.3 is 16.4 Å². The summed E-state index contributed by atoms with van der Waals surface area (Å²) in [5, 5.41) is 9.97. The second-order valence-corrected chi connectivity index (χ2v) is 4.39. The van der Waals surface area contributed by atoms with Crippen LogP contribution in [-0.2, 0) is 13.5 Å². The first-order chi connectivity index (χ1) is 9.60. The number of hydrogen-bond acceptors (Lipinski definition) is 5. The van der Waals surface area contributed by atoms with Crippen molar-refractivity contribution < 1.29 is 4.79 Å². The molecule has 0 saturated heterocycles. The maximum absolute atomic E-state index is 11.6. The molecule has 20 heavy (non-hydrogen) atoms. The van der Waals surface area contributed by atoms with Gasteiger partial charge in [-0.1, -0.05) is 0 Å². The Labute approximate surface area is 117 Å². The van der Waals surface area contributed by atoms with Gasteiger partial charge in [0.2, 0.25) is 0 Å². The fraction of sp³-hybridized carbons (Fsp3) is 0.308. The van der Waals surface area contributed by atoms with Gasteiger partial charge in [-0.3, -0.25) is 9.48 Å². The Hall–Kier alpha value is -2.57. The predicted octanol–water partition coefficient (Wildman–Crippen LogP) is 0.411. The van der Waals surface area contributed by atoms with Crippen molar-refractivity contribution in [3.63, 3.8) is 0 Å². The first kappa shape index (κ1) is 13.9. The highest BCUT2D eigenvalue weighted by Crippen LogP contribution is 2.19. The number of carbonyl (C=O) groups excluding carboxylic acids is 1. The van der Waals surface area contributed by atoms with Gasteiger partial charge in [-0.25, -0.2) is 4.98 Å². The van der Waals surface area contributed by atoms with Crippen molar-refractivity contribution in [2.75, 3.05) is 24.6 Å². The largest absolute Gasteiger partial charge is 0.397 e. The molecule has 7 nitrogen and oxygen atoms in total. The summed E-state index contributed by atoms with van der Waals surface area (Å²) >= 11 is 0. The van der Waals surface area contributed by atoms with Crippen LogP contribution in [0.25, 0.3) is 0 Å². The third-order valence-electron chi connectivity index (χ3n) is 2.85. The van der Waals surface area contributed by atoms with Crippen molar-refractivity contribution >= 4 is 17.3 Å². The third-order valence-corrected chi connectivity index (χ3v) is 2.85. The Balaban J connectivity index is 1.99. The summed E-state index contributed by atoms with van der Waals surface area (Å²) in [6.45, 7) is 0.644. The number of nitrogens with two attached hydrogens (primary N) is 1. The number of benzene rings is 1. The minimum Gasteiger partial charge on any atom is -0.397 e. The van der Waals surface area contributed by atoms with Crippen molar-refractivity contribution in [3.8, 4) is 0 Å². The first-order valence-corrected chi connectivity index (χ1v) is 6.30. The first-order valence-electron chi connectivity index (χ1n) is 6.30. The van der Waals surface area contributed by atoms with Gasteiger partial charge in [-0.05, 0) is 18.2 Å². The summed E-state index contributed by atoms with van der Waals surface area (Å²) in [7, 11) is 3.42. The summed E-state index contributed by atoms with van der Waals surface area (Å²) in [5.41, 5.74) is 7.80. The normalized spacial score (nSPS) is 10.3. The summed E-state index contributed by atoms with van der Waals surface area (Å²) in [4.78, 5) is 15.7. The van der Waals surface area contributed by atoms with Gasteiger partial charge in [0.15, 0.2) is 5.82 Å². The zero-order valence-electron chi connectivity index (χ0n) is 11.6. The van der Waals surface area contributed by atoms with Gasteiger partial charge >= 0.3 is 0 Å². The minimum absolute atomic E-state index is 0.139. The molecule has 2 rings (SSSR count).